The number of aryl methyl sites for hydroxylation is 1. The highest BCUT2D eigenvalue weighted by atomic mass is 35.5. The third kappa shape index (κ3) is 3.36. The number of carbonyl (C=O) groups excluding carboxylic acids is 1. The molecule has 0 bridgehead atoms. The smallest absolute Gasteiger partial charge is 0.208 e. The molecule has 0 aliphatic heterocycles. The third-order valence-electron chi connectivity index (χ3n) is 1.79. The molecule has 0 saturated heterocycles. The van der Waals surface area contributed by atoms with Crippen molar-refractivity contribution in [1.29, 1.82) is 0 Å². The lowest BCUT2D eigenvalue weighted by molar-refractivity contribution is 0.569. The van der Waals surface area contributed by atoms with Crippen LogP contribution in [0.15, 0.2) is 36.4 Å². The van der Waals surface area contributed by atoms with Gasteiger partial charge in [0.1, 0.15) is 5.15 Å². The summed E-state index contributed by atoms with van der Waals surface area (Å²) in [7, 11) is 0. The Morgan fingerprint density at radius 2 is 1.88 bits per heavy atom. The molecule has 0 atom stereocenters. The molecule has 0 unspecified atom stereocenters. The summed E-state index contributed by atoms with van der Waals surface area (Å²) in [5.41, 5.74) is 1.91. The lowest BCUT2D eigenvalue weighted by Crippen LogP contribution is -1.95. The third-order valence-corrected chi connectivity index (χ3v) is 2.06. The Bertz CT molecular complexity index is 454. The van der Waals surface area contributed by atoms with Crippen LogP contribution in [0, 0.1) is 6.92 Å². The van der Waals surface area contributed by atoms with Gasteiger partial charge in [-0.2, -0.15) is 5.10 Å². The number of hydrogen-bond donors (Lipinski definition) is 0. The molecular weight excluding hydrogens is 247 g/mol. The lowest BCUT2D eigenvalue weighted by Gasteiger charge is -2.00. The van der Waals surface area contributed by atoms with Crippen LogP contribution in [0.4, 0.5) is 0 Å². The fraction of sp³-hybridized carbons (Fsp3) is 0.0909. The molecule has 84 valence electrons. The molecule has 1 aromatic heterocycles. The highest BCUT2D eigenvalue weighted by Gasteiger charge is 2.03. The van der Waals surface area contributed by atoms with Crippen molar-refractivity contribution in [2.24, 2.45) is 0 Å². The van der Waals surface area contributed by atoms with Gasteiger partial charge in [-0.1, -0.05) is 29.8 Å². The van der Waals surface area contributed by atoms with Crippen LogP contribution in [0.1, 0.15) is 5.69 Å². The molecule has 0 N–H and O–H groups in total. The fourth-order valence-corrected chi connectivity index (χ4v) is 1.51. The average molecular weight is 257 g/mol. The van der Waals surface area contributed by atoms with E-state index in [0.717, 1.165) is 11.4 Å². The minimum Gasteiger partial charge on any atom is -0.285 e. The zero-order chi connectivity index (χ0) is 12.0. The van der Waals surface area contributed by atoms with Gasteiger partial charge in [0.15, 0.2) is 0 Å². The van der Waals surface area contributed by atoms with Crippen LogP contribution in [0.25, 0.3) is 5.69 Å². The standard InChI is InChI=1S/C10H9ClN2.CHClO/c1-8-7-10(11)13(12-8)9-5-3-2-4-6-9;2-1-3/h2-7H,1H3;1H. The van der Waals surface area contributed by atoms with E-state index in [-0.39, 0.29) is 5.75 Å². The molecule has 0 amide bonds. The Morgan fingerprint density at radius 3 is 2.31 bits per heavy atom. The summed E-state index contributed by atoms with van der Waals surface area (Å²) in [4.78, 5) is 8.57. The zero-order valence-corrected chi connectivity index (χ0v) is 10.1. The highest BCUT2D eigenvalue weighted by molar-refractivity contribution is 6.54. The number of carbonyl (C=O) groups is 1. The van der Waals surface area contributed by atoms with Crippen molar-refractivity contribution in [3.8, 4) is 5.69 Å². The summed E-state index contributed by atoms with van der Waals surface area (Å²) in [6.07, 6.45) is 0. The van der Waals surface area contributed by atoms with Gasteiger partial charge in [0.2, 0.25) is 5.75 Å². The summed E-state index contributed by atoms with van der Waals surface area (Å²) in [5, 5.41) is 4.91. The monoisotopic (exact) mass is 256 g/mol. The van der Waals surface area contributed by atoms with Crippen LogP contribution in [-0.4, -0.2) is 15.5 Å². The SMILES string of the molecule is Cc1cc(Cl)n(-c2ccccc2)n1.O=CCl. The molecule has 1 heterocycles. The van der Waals surface area contributed by atoms with Crippen molar-refractivity contribution in [3.63, 3.8) is 0 Å². The van der Waals surface area contributed by atoms with Crippen molar-refractivity contribution in [2.75, 3.05) is 0 Å². The predicted molar refractivity (Wildman–Crippen MR) is 65.9 cm³/mol. The Morgan fingerprint density at radius 1 is 1.31 bits per heavy atom. The van der Waals surface area contributed by atoms with Gasteiger partial charge in [0.25, 0.3) is 0 Å². The second kappa shape index (κ2) is 6.30. The number of halogens is 2. The normalized spacial score (nSPS) is 9.19. The Balaban J connectivity index is 0.000000386. The van der Waals surface area contributed by atoms with E-state index < -0.39 is 0 Å². The molecule has 0 radical (unpaired) electrons. The van der Waals surface area contributed by atoms with E-state index in [4.69, 9.17) is 16.4 Å². The van der Waals surface area contributed by atoms with Gasteiger partial charge in [-0.25, -0.2) is 4.68 Å². The van der Waals surface area contributed by atoms with E-state index in [1.807, 2.05) is 43.3 Å². The molecule has 0 saturated carbocycles. The van der Waals surface area contributed by atoms with Gasteiger partial charge in [0.05, 0.1) is 11.4 Å². The number of rotatable bonds is 1. The van der Waals surface area contributed by atoms with Gasteiger partial charge >= 0.3 is 0 Å². The van der Waals surface area contributed by atoms with Crippen LogP contribution < -0.4 is 0 Å². The maximum absolute atomic E-state index is 8.57. The van der Waals surface area contributed by atoms with Crippen LogP contribution in [0.5, 0.6) is 0 Å². The molecule has 0 fully saturated rings. The minimum atomic E-state index is 0.222. The first-order valence-corrected chi connectivity index (χ1v) is 5.32. The summed E-state index contributed by atoms with van der Waals surface area (Å²) >= 11 is 10.3. The van der Waals surface area contributed by atoms with Crippen molar-refractivity contribution < 1.29 is 4.79 Å². The topological polar surface area (TPSA) is 34.9 Å². The molecule has 0 spiro atoms. The largest absolute Gasteiger partial charge is 0.285 e. The number of nitrogens with zero attached hydrogens (tertiary/aromatic N) is 2. The first-order chi connectivity index (χ1) is 7.69. The van der Waals surface area contributed by atoms with Crippen LogP contribution in [0.3, 0.4) is 0 Å². The Labute approximate surface area is 104 Å². The van der Waals surface area contributed by atoms with Crippen molar-refractivity contribution in [3.05, 3.63) is 47.2 Å². The summed E-state index contributed by atoms with van der Waals surface area (Å²) in [6.45, 7) is 1.92. The van der Waals surface area contributed by atoms with E-state index in [9.17, 15) is 0 Å². The van der Waals surface area contributed by atoms with Crippen molar-refractivity contribution in [1.82, 2.24) is 9.78 Å². The van der Waals surface area contributed by atoms with Gasteiger partial charge in [-0.3, -0.25) is 4.79 Å². The number of para-hydroxylation sites is 1. The second-order valence-corrected chi connectivity index (χ2v) is 3.51. The van der Waals surface area contributed by atoms with Crippen molar-refractivity contribution in [2.45, 2.75) is 6.92 Å². The maximum Gasteiger partial charge on any atom is 0.208 e. The van der Waals surface area contributed by atoms with Gasteiger partial charge in [-0.15, -0.1) is 0 Å². The van der Waals surface area contributed by atoms with Crippen LogP contribution >= 0.6 is 23.2 Å². The van der Waals surface area contributed by atoms with Crippen LogP contribution in [0.2, 0.25) is 5.15 Å². The molecule has 16 heavy (non-hydrogen) atoms. The molecule has 0 aliphatic rings. The molecular formula is C11H10Cl2N2O. The second-order valence-electron chi connectivity index (χ2n) is 2.94. The van der Waals surface area contributed by atoms with E-state index in [2.05, 4.69) is 16.7 Å². The number of hydrogen-bond acceptors (Lipinski definition) is 2. The summed E-state index contributed by atoms with van der Waals surface area (Å²) in [5.74, 6) is 0.222. The molecule has 2 aromatic rings. The zero-order valence-electron chi connectivity index (χ0n) is 8.60. The van der Waals surface area contributed by atoms with E-state index in [0.29, 0.717) is 5.15 Å². The summed E-state index contributed by atoms with van der Waals surface area (Å²) < 4.78 is 1.72. The summed E-state index contributed by atoms with van der Waals surface area (Å²) in [6, 6.07) is 11.7. The maximum atomic E-state index is 8.57. The van der Waals surface area contributed by atoms with Crippen molar-refractivity contribution >= 4 is 28.9 Å². The van der Waals surface area contributed by atoms with E-state index in [1.165, 1.54) is 0 Å². The number of benzene rings is 1. The fourth-order valence-electron chi connectivity index (χ4n) is 1.22. The van der Waals surface area contributed by atoms with E-state index >= 15 is 0 Å². The highest BCUT2D eigenvalue weighted by Crippen LogP contribution is 2.16. The molecule has 3 nitrogen and oxygen atoms in total. The first-order valence-electron chi connectivity index (χ1n) is 4.50. The Hall–Kier alpha value is -1.32. The predicted octanol–water partition coefficient (Wildman–Crippen LogP) is 3.25. The number of aromatic nitrogens is 2. The first kappa shape index (κ1) is 12.7. The molecule has 1 aromatic carbocycles. The molecule has 5 heteroatoms. The molecule has 0 aliphatic carbocycles. The van der Waals surface area contributed by atoms with Gasteiger partial charge in [-0.05, 0) is 36.7 Å². The molecule has 2 rings (SSSR count). The lowest BCUT2D eigenvalue weighted by atomic mass is 10.3. The van der Waals surface area contributed by atoms with Gasteiger partial charge < -0.3 is 0 Å². The average Bonchev–Trinajstić information content (AvgIpc) is 2.60. The quantitative estimate of drug-likeness (QED) is 0.580. The van der Waals surface area contributed by atoms with E-state index in [1.54, 1.807) is 4.68 Å². The minimum absolute atomic E-state index is 0.222. The van der Waals surface area contributed by atoms with Crippen LogP contribution in [-0.2, 0) is 4.79 Å². The van der Waals surface area contributed by atoms with Gasteiger partial charge in [0, 0.05) is 0 Å². The Kier molecular flexibility index (Phi) is 5.02.